The van der Waals surface area contributed by atoms with Crippen molar-refractivity contribution in [3.8, 4) is 27.9 Å². The van der Waals surface area contributed by atoms with Gasteiger partial charge in [-0.2, -0.15) is 0 Å². The van der Waals surface area contributed by atoms with Gasteiger partial charge >= 0.3 is 0 Å². The van der Waals surface area contributed by atoms with Gasteiger partial charge in [0.1, 0.15) is 11.2 Å². The summed E-state index contributed by atoms with van der Waals surface area (Å²) in [7, 11) is 0. The van der Waals surface area contributed by atoms with Crippen LogP contribution in [-0.4, -0.2) is 4.57 Å². The Balaban J connectivity index is 1.25. The second kappa shape index (κ2) is 8.21. The Kier molecular flexibility index (Phi) is 4.48. The van der Waals surface area contributed by atoms with E-state index in [0.29, 0.717) is 0 Å². The van der Waals surface area contributed by atoms with Crippen LogP contribution in [0.3, 0.4) is 0 Å². The lowest BCUT2D eigenvalue weighted by Crippen LogP contribution is -2.03. The van der Waals surface area contributed by atoms with Gasteiger partial charge in [-0.3, -0.25) is 0 Å². The fraction of sp³-hybridized carbons (Fsp3) is 0.0526. The lowest BCUT2D eigenvalue weighted by molar-refractivity contribution is 0.669. The number of para-hydroxylation sites is 2. The second-order valence-corrected chi connectivity index (χ2v) is 10.9. The Morgan fingerprint density at radius 1 is 0.450 bits per heavy atom. The van der Waals surface area contributed by atoms with Crippen LogP contribution in [0, 0.1) is 0 Å². The summed E-state index contributed by atoms with van der Waals surface area (Å²) in [6, 6.07) is 46.4. The van der Waals surface area contributed by atoms with Crippen molar-refractivity contribution in [3.63, 3.8) is 0 Å². The summed E-state index contributed by atoms with van der Waals surface area (Å²) in [4.78, 5) is 0. The molecule has 0 saturated heterocycles. The van der Waals surface area contributed by atoms with Crippen molar-refractivity contribution in [2.24, 2.45) is 0 Å². The van der Waals surface area contributed by atoms with E-state index in [4.69, 9.17) is 4.42 Å². The van der Waals surface area contributed by atoms with Crippen molar-refractivity contribution in [3.05, 3.63) is 139 Å². The van der Waals surface area contributed by atoms with Gasteiger partial charge in [0.25, 0.3) is 0 Å². The fourth-order valence-corrected chi connectivity index (χ4v) is 6.78. The lowest BCUT2D eigenvalue weighted by Gasteiger charge is -2.20. The van der Waals surface area contributed by atoms with Gasteiger partial charge in [-0.15, -0.1) is 0 Å². The number of furan rings is 1. The first-order valence-corrected chi connectivity index (χ1v) is 14.0. The molecule has 0 aliphatic heterocycles. The Bertz CT molecular complexity index is 2280. The zero-order chi connectivity index (χ0) is 26.2. The molecule has 2 heteroatoms. The normalized spacial score (nSPS) is 12.8. The van der Waals surface area contributed by atoms with E-state index < -0.39 is 0 Å². The highest BCUT2D eigenvalue weighted by atomic mass is 16.3. The summed E-state index contributed by atoms with van der Waals surface area (Å²) in [5.74, 6) is 0. The molecule has 0 fully saturated rings. The molecule has 9 rings (SSSR count). The van der Waals surface area contributed by atoms with Gasteiger partial charge in [-0.25, -0.2) is 0 Å². The topological polar surface area (TPSA) is 18.1 Å². The third-order valence-electron chi connectivity index (χ3n) is 8.71. The maximum absolute atomic E-state index is 6.12. The van der Waals surface area contributed by atoms with Crippen molar-refractivity contribution in [2.45, 2.75) is 12.8 Å². The number of aryl methyl sites for hydroxylation is 2. The summed E-state index contributed by atoms with van der Waals surface area (Å²) in [6.45, 7) is 0. The van der Waals surface area contributed by atoms with Gasteiger partial charge in [-0.1, -0.05) is 78.9 Å². The second-order valence-electron chi connectivity index (χ2n) is 10.9. The van der Waals surface area contributed by atoms with Crippen molar-refractivity contribution >= 4 is 43.7 Å². The lowest BCUT2D eigenvalue weighted by atomic mass is 9.84. The first kappa shape index (κ1) is 21.8. The molecule has 40 heavy (non-hydrogen) atoms. The van der Waals surface area contributed by atoms with Crippen LogP contribution in [0.5, 0.6) is 0 Å². The Morgan fingerprint density at radius 3 is 2.10 bits per heavy atom. The number of fused-ring (bicyclic) bond motifs is 9. The zero-order valence-corrected chi connectivity index (χ0v) is 21.9. The molecule has 0 spiro atoms. The van der Waals surface area contributed by atoms with Crippen LogP contribution in [0.1, 0.15) is 11.1 Å². The van der Waals surface area contributed by atoms with Crippen LogP contribution >= 0.6 is 0 Å². The third-order valence-corrected chi connectivity index (χ3v) is 8.71. The molecule has 0 N–H and O–H groups in total. The summed E-state index contributed by atoms with van der Waals surface area (Å²) < 4.78 is 8.50. The molecule has 1 aliphatic carbocycles. The van der Waals surface area contributed by atoms with Gasteiger partial charge in [0.15, 0.2) is 0 Å². The molecule has 6 aromatic carbocycles. The standard InChI is InChI=1S/C38H25NO/c1-2-8-29-24(7-1)13-14-25-15-16-26(21-32(25)29)27-17-19-36-33(22-27)30-9-3-5-11-35(30)39(36)28-18-20-38-34(23-28)31-10-4-6-12-37(31)40-38/h1-12,15-23H,13-14H2. The number of hydrogen-bond acceptors (Lipinski definition) is 1. The van der Waals surface area contributed by atoms with E-state index in [1.54, 1.807) is 0 Å². The van der Waals surface area contributed by atoms with E-state index in [1.165, 1.54) is 55.2 Å². The van der Waals surface area contributed by atoms with Crippen LogP contribution in [0.2, 0.25) is 0 Å². The minimum Gasteiger partial charge on any atom is -0.456 e. The van der Waals surface area contributed by atoms with E-state index in [1.807, 2.05) is 12.1 Å². The molecule has 2 nitrogen and oxygen atoms in total. The number of hydrogen-bond donors (Lipinski definition) is 0. The molecule has 0 saturated carbocycles. The first-order chi connectivity index (χ1) is 19.8. The number of rotatable bonds is 2. The molecule has 8 aromatic rings. The number of nitrogens with zero attached hydrogens (tertiary/aromatic N) is 1. The van der Waals surface area contributed by atoms with Gasteiger partial charge in [0.2, 0.25) is 0 Å². The summed E-state index contributed by atoms with van der Waals surface area (Å²) in [6.07, 6.45) is 2.23. The minimum absolute atomic E-state index is 0.919. The van der Waals surface area contributed by atoms with E-state index in [-0.39, 0.29) is 0 Å². The Labute approximate surface area is 231 Å². The quantitative estimate of drug-likeness (QED) is 0.226. The van der Waals surface area contributed by atoms with Gasteiger partial charge in [0.05, 0.1) is 11.0 Å². The average Bonchev–Trinajstić information content (AvgIpc) is 3.55. The molecule has 0 atom stereocenters. The molecule has 0 radical (unpaired) electrons. The average molecular weight is 512 g/mol. The first-order valence-electron chi connectivity index (χ1n) is 14.0. The van der Waals surface area contributed by atoms with Crippen LogP contribution in [0.25, 0.3) is 71.7 Å². The molecule has 0 bridgehead atoms. The van der Waals surface area contributed by atoms with Gasteiger partial charge in [0, 0.05) is 27.2 Å². The van der Waals surface area contributed by atoms with Crippen molar-refractivity contribution < 1.29 is 4.42 Å². The molecule has 2 aromatic heterocycles. The van der Waals surface area contributed by atoms with Gasteiger partial charge < -0.3 is 8.98 Å². The van der Waals surface area contributed by atoms with E-state index >= 15 is 0 Å². The van der Waals surface area contributed by atoms with Crippen LogP contribution in [-0.2, 0) is 12.8 Å². The van der Waals surface area contributed by atoms with Crippen LogP contribution in [0.4, 0.5) is 0 Å². The monoisotopic (exact) mass is 511 g/mol. The SMILES string of the molecule is c1ccc2c(c1)CCc1ccc(-c3ccc4c(c3)c3ccccc3n4-c3ccc4oc5ccccc5c4c3)cc1-2. The predicted molar refractivity (Wildman–Crippen MR) is 166 cm³/mol. The summed E-state index contributed by atoms with van der Waals surface area (Å²) in [5.41, 5.74) is 13.6. The highest BCUT2D eigenvalue weighted by Crippen LogP contribution is 2.39. The van der Waals surface area contributed by atoms with Gasteiger partial charge in [-0.05, 0) is 94.8 Å². The maximum atomic E-state index is 6.12. The number of aromatic nitrogens is 1. The smallest absolute Gasteiger partial charge is 0.135 e. The molecule has 0 amide bonds. The molecule has 1 aliphatic rings. The fourth-order valence-electron chi connectivity index (χ4n) is 6.78. The van der Waals surface area contributed by atoms with E-state index in [0.717, 1.165) is 40.5 Å². The van der Waals surface area contributed by atoms with Crippen LogP contribution in [0.15, 0.2) is 132 Å². The van der Waals surface area contributed by atoms with Crippen molar-refractivity contribution in [2.75, 3.05) is 0 Å². The largest absolute Gasteiger partial charge is 0.456 e. The maximum Gasteiger partial charge on any atom is 0.135 e. The molecule has 2 heterocycles. The molecule has 188 valence electrons. The van der Waals surface area contributed by atoms with Crippen molar-refractivity contribution in [1.82, 2.24) is 4.57 Å². The van der Waals surface area contributed by atoms with Crippen LogP contribution < -0.4 is 0 Å². The van der Waals surface area contributed by atoms with E-state index in [9.17, 15) is 0 Å². The Hall–Kier alpha value is -5.08. The highest BCUT2D eigenvalue weighted by Gasteiger charge is 2.18. The Morgan fingerprint density at radius 2 is 1.15 bits per heavy atom. The molecule has 0 unspecified atom stereocenters. The van der Waals surface area contributed by atoms with E-state index in [2.05, 4.69) is 120 Å². The predicted octanol–water partition coefficient (Wildman–Crippen LogP) is 10.1. The highest BCUT2D eigenvalue weighted by molar-refractivity contribution is 6.11. The summed E-state index contributed by atoms with van der Waals surface area (Å²) in [5, 5.41) is 4.82. The zero-order valence-electron chi connectivity index (χ0n) is 21.9. The van der Waals surface area contributed by atoms with Crippen molar-refractivity contribution in [1.29, 1.82) is 0 Å². The minimum atomic E-state index is 0.919. The number of benzene rings is 6. The molecular weight excluding hydrogens is 486 g/mol. The third kappa shape index (κ3) is 3.11. The molecular formula is C38H25NO. The summed E-state index contributed by atoms with van der Waals surface area (Å²) >= 11 is 0.